The van der Waals surface area contributed by atoms with Gasteiger partial charge in [0.15, 0.2) is 5.60 Å². The van der Waals surface area contributed by atoms with Gasteiger partial charge in [-0.15, -0.1) is 0 Å². The van der Waals surface area contributed by atoms with Crippen LogP contribution in [0.25, 0.3) is 0 Å². The molecule has 1 N–H and O–H groups in total. The van der Waals surface area contributed by atoms with Gasteiger partial charge in [0, 0.05) is 45.6 Å². The molecule has 0 saturated carbocycles. The third-order valence-electron chi connectivity index (χ3n) is 6.00. The molecule has 5 heteroatoms. The zero-order valence-electron chi connectivity index (χ0n) is 14.8. The van der Waals surface area contributed by atoms with Gasteiger partial charge in [-0.2, -0.15) is 0 Å². The van der Waals surface area contributed by atoms with Gasteiger partial charge in [-0.05, 0) is 29.9 Å². The number of fused-ring (bicyclic) bond motifs is 1. The topological polar surface area (TPSA) is 53.0 Å². The highest BCUT2D eigenvalue weighted by Gasteiger charge is 2.44. The molecule has 1 aromatic carbocycles. The van der Waals surface area contributed by atoms with Crippen LogP contribution in [-0.4, -0.2) is 72.4 Å². The molecule has 25 heavy (non-hydrogen) atoms. The maximum atomic E-state index is 12.9. The predicted octanol–water partition coefficient (Wildman–Crippen LogP) is 1.09. The van der Waals surface area contributed by atoms with Gasteiger partial charge in [-0.25, -0.2) is 0 Å². The van der Waals surface area contributed by atoms with Gasteiger partial charge in [0.2, 0.25) is 0 Å². The molecule has 5 nitrogen and oxygen atoms in total. The van der Waals surface area contributed by atoms with Gasteiger partial charge in [0.05, 0.1) is 13.2 Å². The number of aliphatic hydroxyl groups is 1. The first-order chi connectivity index (χ1) is 12.1. The third-order valence-corrected chi connectivity index (χ3v) is 6.00. The number of rotatable bonds is 3. The number of ether oxygens (including phenoxy) is 1. The molecular weight excluding hydrogens is 316 g/mol. The van der Waals surface area contributed by atoms with E-state index in [4.69, 9.17) is 4.74 Å². The van der Waals surface area contributed by atoms with E-state index in [1.807, 2.05) is 29.2 Å². The third kappa shape index (κ3) is 3.59. The largest absolute Gasteiger partial charge is 0.379 e. The Morgan fingerprint density at radius 3 is 2.28 bits per heavy atom. The molecular formula is C20H28N2O3. The molecule has 136 valence electrons. The van der Waals surface area contributed by atoms with Crippen molar-refractivity contribution in [2.75, 3.05) is 45.9 Å². The number of hydrogen-bond acceptors (Lipinski definition) is 4. The van der Waals surface area contributed by atoms with E-state index in [1.165, 1.54) is 0 Å². The summed E-state index contributed by atoms with van der Waals surface area (Å²) in [5.74, 6) is 0.575. The van der Waals surface area contributed by atoms with Crippen molar-refractivity contribution in [2.45, 2.75) is 31.3 Å². The molecule has 0 aromatic heterocycles. The normalized spacial score (nSPS) is 24.3. The Kier molecular flexibility index (Phi) is 4.80. The Balaban J connectivity index is 1.31. The molecule has 0 spiro atoms. The summed E-state index contributed by atoms with van der Waals surface area (Å²) < 4.78 is 5.41. The summed E-state index contributed by atoms with van der Waals surface area (Å²) in [7, 11) is 0. The standard InChI is InChI=1S/C20H28N2O3/c23-19(20(24)13-17-3-1-2-4-18(17)14-20)22-7-5-16(6-8-22)15-21-9-11-25-12-10-21/h1-4,16,24H,5-15H2. The van der Waals surface area contributed by atoms with E-state index >= 15 is 0 Å². The highest BCUT2D eigenvalue weighted by atomic mass is 16.5. The van der Waals surface area contributed by atoms with Crippen LogP contribution in [0.2, 0.25) is 0 Å². The van der Waals surface area contributed by atoms with Crippen LogP contribution < -0.4 is 0 Å². The fraction of sp³-hybridized carbons (Fsp3) is 0.650. The second-order valence-corrected chi connectivity index (χ2v) is 7.80. The summed E-state index contributed by atoms with van der Waals surface area (Å²) in [6.07, 6.45) is 2.98. The maximum absolute atomic E-state index is 12.9. The van der Waals surface area contributed by atoms with Crippen molar-refractivity contribution in [2.24, 2.45) is 5.92 Å². The number of morpholine rings is 1. The summed E-state index contributed by atoms with van der Waals surface area (Å²) in [6.45, 7) is 6.38. The van der Waals surface area contributed by atoms with Crippen LogP contribution in [0.4, 0.5) is 0 Å². The van der Waals surface area contributed by atoms with E-state index in [0.29, 0.717) is 18.8 Å². The van der Waals surface area contributed by atoms with Crippen LogP contribution in [0.5, 0.6) is 0 Å². The van der Waals surface area contributed by atoms with Crippen LogP contribution >= 0.6 is 0 Å². The minimum absolute atomic E-state index is 0.0754. The number of amides is 1. The minimum atomic E-state index is -1.24. The average Bonchev–Trinajstić information content (AvgIpc) is 3.00. The van der Waals surface area contributed by atoms with Crippen LogP contribution in [0.15, 0.2) is 24.3 Å². The van der Waals surface area contributed by atoms with Gasteiger partial charge in [-0.1, -0.05) is 24.3 Å². The number of nitrogens with zero attached hydrogens (tertiary/aromatic N) is 2. The van der Waals surface area contributed by atoms with Crippen molar-refractivity contribution < 1.29 is 14.6 Å². The molecule has 1 amide bonds. The highest BCUT2D eigenvalue weighted by molar-refractivity contribution is 5.87. The van der Waals surface area contributed by atoms with Crippen molar-refractivity contribution in [3.63, 3.8) is 0 Å². The van der Waals surface area contributed by atoms with E-state index in [2.05, 4.69) is 4.90 Å². The zero-order valence-corrected chi connectivity index (χ0v) is 14.8. The lowest BCUT2D eigenvalue weighted by Gasteiger charge is -2.38. The second kappa shape index (κ2) is 7.06. The van der Waals surface area contributed by atoms with Gasteiger partial charge in [-0.3, -0.25) is 9.69 Å². The Hall–Kier alpha value is -1.43. The zero-order chi connectivity index (χ0) is 17.3. The van der Waals surface area contributed by atoms with Crippen molar-refractivity contribution in [1.82, 2.24) is 9.80 Å². The molecule has 1 aliphatic carbocycles. The smallest absolute Gasteiger partial charge is 0.255 e. The number of carbonyl (C=O) groups excluding carboxylic acids is 1. The lowest BCUT2D eigenvalue weighted by Crippen LogP contribution is -2.53. The lowest BCUT2D eigenvalue weighted by atomic mass is 9.92. The lowest BCUT2D eigenvalue weighted by molar-refractivity contribution is -0.152. The summed E-state index contributed by atoms with van der Waals surface area (Å²) >= 11 is 0. The first-order valence-electron chi connectivity index (χ1n) is 9.53. The van der Waals surface area contributed by atoms with E-state index in [1.54, 1.807) is 0 Å². The number of piperidine rings is 1. The molecule has 0 atom stereocenters. The minimum Gasteiger partial charge on any atom is -0.379 e. The first kappa shape index (κ1) is 17.0. The summed E-state index contributed by atoms with van der Waals surface area (Å²) in [4.78, 5) is 17.3. The van der Waals surface area contributed by atoms with Crippen LogP contribution in [0, 0.1) is 5.92 Å². The molecule has 3 aliphatic rings. The molecule has 2 fully saturated rings. The monoisotopic (exact) mass is 344 g/mol. The SMILES string of the molecule is O=C(N1CCC(CN2CCOCC2)CC1)C1(O)Cc2ccccc2C1. The van der Waals surface area contributed by atoms with Crippen molar-refractivity contribution in [1.29, 1.82) is 0 Å². The maximum Gasteiger partial charge on any atom is 0.255 e. The second-order valence-electron chi connectivity index (χ2n) is 7.80. The fourth-order valence-electron chi connectivity index (χ4n) is 4.51. The van der Waals surface area contributed by atoms with Gasteiger partial charge < -0.3 is 14.7 Å². The Morgan fingerprint density at radius 1 is 1.08 bits per heavy atom. The van der Waals surface area contributed by atoms with E-state index in [9.17, 15) is 9.90 Å². The number of hydrogen-bond donors (Lipinski definition) is 1. The molecule has 1 aromatic rings. The molecule has 0 bridgehead atoms. The molecule has 0 unspecified atom stereocenters. The van der Waals surface area contributed by atoms with Crippen LogP contribution in [0.1, 0.15) is 24.0 Å². The number of benzene rings is 1. The van der Waals surface area contributed by atoms with E-state index in [0.717, 1.165) is 69.9 Å². The van der Waals surface area contributed by atoms with Crippen LogP contribution in [0.3, 0.4) is 0 Å². The quantitative estimate of drug-likeness (QED) is 0.892. The summed E-state index contributed by atoms with van der Waals surface area (Å²) in [5, 5.41) is 10.9. The van der Waals surface area contributed by atoms with E-state index in [-0.39, 0.29) is 5.91 Å². The average molecular weight is 344 g/mol. The van der Waals surface area contributed by atoms with Crippen LogP contribution in [-0.2, 0) is 22.4 Å². The number of likely N-dealkylation sites (tertiary alicyclic amines) is 1. The Labute approximate surface area is 149 Å². The molecule has 2 heterocycles. The molecule has 2 saturated heterocycles. The van der Waals surface area contributed by atoms with Crippen molar-refractivity contribution >= 4 is 5.91 Å². The fourth-order valence-corrected chi connectivity index (χ4v) is 4.51. The Bertz CT molecular complexity index is 594. The Morgan fingerprint density at radius 2 is 1.68 bits per heavy atom. The molecule has 0 radical (unpaired) electrons. The highest BCUT2D eigenvalue weighted by Crippen LogP contribution is 2.32. The van der Waals surface area contributed by atoms with Gasteiger partial charge >= 0.3 is 0 Å². The predicted molar refractivity (Wildman–Crippen MR) is 95.4 cm³/mol. The van der Waals surface area contributed by atoms with E-state index < -0.39 is 5.60 Å². The van der Waals surface area contributed by atoms with Gasteiger partial charge in [0.25, 0.3) is 5.91 Å². The first-order valence-corrected chi connectivity index (χ1v) is 9.53. The summed E-state index contributed by atoms with van der Waals surface area (Å²) in [6, 6.07) is 8.00. The molecule has 2 aliphatic heterocycles. The van der Waals surface area contributed by atoms with Crippen molar-refractivity contribution in [3.8, 4) is 0 Å². The van der Waals surface area contributed by atoms with Gasteiger partial charge in [0.1, 0.15) is 0 Å². The van der Waals surface area contributed by atoms with Crippen molar-refractivity contribution in [3.05, 3.63) is 35.4 Å². The number of carbonyl (C=O) groups is 1. The molecule has 4 rings (SSSR count). The summed E-state index contributed by atoms with van der Waals surface area (Å²) in [5.41, 5.74) is 0.988.